The van der Waals surface area contributed by atoms with Gasteiger partial charge in [0, 0.05) is 25.7 Å². The van der Waals surface area contributed by atoms with Crippen molar-refractivity contribution in [2.24, 2.45) is 5.92 Å². The Bertz CT molecular complexity index is 941. The van der Waals surface area contributed by atoms with Gasteiger partial charge >= 0.3 is 0 Å². The van der Waals surface area contributed by atoms with E-state index in [1.165, 1.54) is 30.6 Å². The second-order valence-corrected chi connectivity index (χ2v) is 9.17. The zero-order valence-corrected chi connectivity index (χ0v) is 17.3. The highest BCUT2D eigenvalue weighted by atomic mass is 32.2. The standard InChI is InChI=1S/C21H26N2O4S/c1-16-6-5-13-23(15-16)21(24)17-7-4-8-18(14-17)22(2)28(25,26)20-11-9-19(27-3)10-12-20/h4,7-12,14,16H,5-6,13,15H2,1-3H3. The van der Waals surface area contributed by atoms with Gasteiger partial charge in [-0.15, -0.1) is 0 Å². The zero-order valence-electron chi connectivity index (χ0n) is 16.5. The summed E-state index contributed by atoms with van der Waals surface area (Å²) >= 11 is 0. The minimum Gasteiger partial charge on any atom is -0.497 e. The molecular weight excluding hydrogens is 376 g/mol. The molecule has 0 spiro atoms. The molecule has 150 valence electrons. The van der Waals surface area contributed by atoms with Crippen molar-refractivity contribution in [2.75, 3.05) is 31.6 Å². The van der Waals surface area contributed by atoms with Gasteiger partial charge < -0.3 is 9.64 Å². The van der Waals surface area contributed by atoms with Crippen LogP contribution >= 0.6 is 0 Å². The Kier molecular flexibility index (Phi) is 5.93. The van der Waals surface area contributed by atoms with Gasteiger partial charge in [-0.05, 0) is 61.2 Å². The number of methoxy groups -OCH3 is 1. The van der Waals surface area contributed by atoms with E-state index < -0.39 is 10.0 Å². The van der Waals surface area contributed by atoms with Gasteiger partial charge in [0.15, 0.2) is 0 Å². The minimum atomic E-state index is -3.74. The lowest BCUT2D eigenvalue weighted by Gasteiger charge is -2.31. The minimum absolute atomic E-state index is 0.0522. The number of carbonyl (C=O) groups is 1. The van der Waals surface area contributed by atoms with Gasteiger partial charge in [0.1, 0.15) is 5.75 Å². The molecule has 28 heavy (non-hydrogen) atoms. The Morgan fingerprint density at radius 3 is 2.54 bits per heavy atom. The zero-order chi connectivity index (χ0) is 20.3. The fraction of sp³-hybridized carbons (Fsp3) is 0.381. The highest BCUT2D eigenvalue weighted by Crippen LogP contribution is 2.25. The lowest BCUT2D eigenvalue weighted by molar-refractivity contribution is 0.0683. The van der Waals surface area contributed by atoms with Gasteiger partial charge in [0.05, 0.1) is 17.7 Å². The van der Waals surface area contributed by atoms with E-state index >= 15 is 0 Å². The summed E-state index contributed by atoms with van der Waals surface area (Å²) in [4.78, 5) is 14.9. The molecule has 1 saturated heterocycles. The largest absolute Gasteiger partial charge is 0.497 e. The molecule has 7 heteroatoms. The van der Waals surface area contributed by atoms with Gasteiger partial charge in [-0.2, -0.15) is 0 Å². The Hall–Kier alpha value is -2.54. The summed E-state index contributed by atoms with van der Waals surface area (Å²) in [5, 5.41) is 0. The second kappa shape index (κ2) is 8.22. The van der Waals surface area contributed by atoms with Crippen LogP contribution in [0.5, 0.6) is 5.75 Å². The number of amides is 1. The predicted octanol–water partition coefficient (Wildman–Crippen LogP) is 3.39. The Labute approximate surface area is 166 Å². The highest BCUT2D eigenvalue weighted by Gasteiger charge is 2.25. The molecule has 1 amide bonds. The normalized spacial score (nSPS) is 17.2. The first-order chi connectivity index (χ1) is 13.3. The molecule has 0 aliphatic carbocycles. The first kappa shape index (κ1) is 20.2. The Morgan fingerprint density at radius 2 is 1.89 bits per heavy atom. The van der Waals surface area contributed by atoms with E-state index in [-0.39, 0.29) is 10.8 Å². The summed E-state index contributed by atoms with van der Waals surface area (Å²) < 4.78 is 32.2. The molecule has 3 rings (SSSR count). The average Bonchev–Trinajstić information content (AvgIpc) is 2.72. The number of sulfonamides is 1. The molecule has 1 aliphatic rings. The van der Waals surface area contributed by atoms with Crippen LogP contribution in [0.15, 0.2) is 53.4 Å². The fourth-order valence-electron chi connectivity index (χ4n) is 3.44. The molecule has 0 N–H and O–H groups in total. The molecule has 6 nitrogen and oxygen atoms in total. The lowest BCUT2D eigenvalue weighted by Crippen LogP contribution is -2.39. The van der Waals surface area contributed by atoms with Crippen LogP contribution in [0, 0.1) is 5.92 Å². The van der Waals surface area contributed by atoms with Gasteiger partial charge in [-0.25, -0.2) is 8.42 Å². The number of hydrogen-bond donors (Lipinski definition) is 0. The molecule has 1 aliphatic heterocycles. The molecule has 1 heterocycles. The molecule has 1 fully saturated rings. The van der Waals surface area contributed by atoms with Crippen molar-refractivity contribution < 1.29 is 17.9 Å². The van der Waals surface area contributed by atoms with Crippen molar-refractivity contribution in [1.29, 1.82) is 0 Å². The number of rotatable bonds is 5. The maximum absolute atomic E-state index is 12.9. The molecule has 0 saturated carbocycles. The smallest absolute Gasteiger partial charge is 0.264 e. The molecule has 2 aromatic carbocycles. The molecule has 1 unspecified atom stereocenters. The van der Waals surface area contributed by atoms with E-state index in [0.29, 0.717) is 22.9 Å². The fourth-order valence-corrected chi connectivity index (χ4v) is 4.62. The average molecular weight is 403 g/mol. The van der Waals surface area contributed by atoms with Crippen LogP contribution in [0.1, 0.15) is 30.1 Å². The Morgan fingerprint density at radius 1 is 1.18 bits per heavy atom. The van der Waals surface area contributed by atoms with Gasteiger partial charge in [0.2, 0.25) is 0 Å². The summed E-state index contributed by atoms with van der Waals surface area (Å²) in [6, 6.07) is 13.0. The van der Waals surface area contributed by atoms with Crippen LogP contribution in [-0.2, 0) is 10.0 Å². The van der Waals surface area contributed by atoms with Crippen LogP contribution in [0.3, 0.4) is 0 Å². The van der Waals surface area contributed by atoms with Crippen molar-refractivity contribution in [2.45, 2.75) is 24.7 Å². The first-order valence-corrected chi connectivity index (χ1v) is 10.8. The van der Waals surface area contributed by atoms with Crippen molar-refractivity contribution in [3.05, 3.63) is 54.1 Å². The number of piperidine rings is 1. The maximum atomic E-state index is 12.9. The topological polar surface area (TPSA) is 66.9 Å². The summed E-state index contributed by atoms with van der Waals surface area (Å²) in [7, 11) is -0.719. The van der Waals surface area contributed by atoms with Crippen LogP contribution in [0.2, 0.25) is 0 Å². The Balaban J connectivity index is 1.84. The number of anilines is 1. The van der Waals surface area contributed by atoms with E-state index in [1.807, 2.05) is 4.90 Å². The van der Waals surface area contributed by atoms with E-state index in [0.717, 1.165) is 25.9 Å². The third kappa shape index (κ3) is 4.14. The van der Waals surface area contributed by atoms with E-state index in [2.05, 4.69) is 6.92 Å². The third-order valence-corrected chi connectivity index (χ3v) is 6.92. The van der Waals surface area contributed by atoms with Crippen LogP contribution in [-0.4, -0.2) is 46.5 Å². The van der Waals surface area contributed by atoms with Crippen LogP contribution < -0.4 is 9.04 Å². The molecular formula is C21H26N2O4S. The van der Waals surface area contributed by atoms with E-state index in [4.69, 9.17) is 4.74 Å². The number of nitrogens with zero attached hydrogens (tertiary/aromatic N) is 2. The number of carbonyl (C=O) groups excluding carboxylic acids is 1. The van der Waals surface area contributed by atoms with Gasteiger partial charge in [0.25, 0.3) is 15.9 Å². The van der Waals surface area contributed by atoms with Gasteiger partial charge in [-0.1, -0.05) is 13.0 Å². The number of benzene rings is 2. The molecule has 0 bridgehead atoms. The van der Waals surface area contributed by atoms with Crippen LogP contribution in [0.25, 0.3) is 0 Å². The monoisotopic (exact) mass is 402 g/mol. The summed E-state index contributed by atoms with van der Waals surface area (Å²) in [5.41, 5.74) is 0.954. The first-order valence-electron chi connectivity index (χ1n) is 9.35. The second-order valence-electron chi connectivity index (χ2n) is 7.20. The predicted molar refractivity (Wildman–Crippen MR) is 109 cm³/mol. The third-order valence-electron chi connectivity index (χ3n) is 5.12. The van der Waals surface area contributed by atoms with Crippen molar-refractivity contribution in [3.8, 4) is 5.75 Å². The summed E-state index contributed by atoms with van der Waals surface area (Å²) in [5.74, 6) is 1.02. The van der Waals surface area contributed by atoms with Crippen molar-refractivity contribution in [3.63, 3.8) is 0 Å². The summed E-state index contributed by atoms with van der Waals surface area (Å²) in [6.07, 6.45) is 2.13. The molecule has 0 radical (unpaired) electrons. The number of hydrogen-bond acceptors (Lipinski definition) is 4. The van der Waals surface area contributed by atoms with E-state index in [1.54, 1.807) is 36.4 Å². The lowest BCUT2D eigenvalue weighted by atomic mass is 9.99. The molecule has 1 atom stereocenters. The quantitative estimate of drug-likeness (QED) is 0.769. The van der Waals surface area contributed by atoms with Crippen molar-refractivity contribution >= 4 is 21.6 Å². The van der Waals surface area contributed by atoms with Crippen LogP contribution in [0.4, 0.5) is 5.69 Å². The summed E-state index contributed by atoms with van der Waals surface area (Å²) in [6.45, 7) is 3.63. The number of likely N-dealkylation sites (tertiary alicyclic amines) is 1. The SMILES string of the molecule is COc1ccc(S(=O)(=O)N(C)c2cccc(C(=O)N3CCCC(C)C3)c2)cc1. The molecule has 0 aromatic heterocycles. The van der Waals surface area contributed by atoms with Gasteiger partial charge in [-0.3, -0.25) is 9.10 Å². The van der Waals surface area contributed by atoms with Crippen molar-refractivity contribution in [1.82, 2.24) is 4.90 Å². The maximum Gasteiger partial charge on any atom is 0.264 e. The van der Waals surface area contributed by atoms with E-state index in [9.17, 15) is 13.2 Å². The highest BCUT2D eigenvalue weighted by molar-refractivity contribution is 7.92. The molecule has 2 aromatic rings. The number of ether oxygens (including phenoxy) is 1.